The molecule has 0 aromatic rings. The first-order chi connectivity index (χ1) is 18.1. The Labute approximate surface area is 236 Å². The maximum atomic E-state index is 12.0. The van der Waals surface area contributed by atoms with Crippen molar-refractivity contribution in [2.75, 3.05) is 6.61 Å². The molecule has 5 aliphatic carbocycles. The highest BCUT2D eigenvalue weighted by Gasteiger charge is 2.89. The minimum atomic E-state index is -0.163. The van der Waals surface area contributed by atoms with E-state index in [0.29, 0.717) is 30.3 Å². The zero-order valence-corrected chi connectivity index (χ0v) is 26.2. The fraction of sp³-hybridized carbons (Fsp3) is 0.941. The van der Waals surface area contributed by atoms with Crippen LogP contribution in [0.1, 0.15) is 127 Å². The third-order valence-corrected chi connectivity index (χ3v) is 14.9. The molecule has 5 heteroatoms. The van der Waals surface area contributed by atoms with Crippen molar-refractivity contribution in [3.8, 4) is 0 Å². The van der Waals surface area contributed by atoms with E-state index in [-0.39, 0.29) is 56.3 Å². The van der Waals surface area contributed by atoms with Gasteiger partial charge in [0.25, 0.3) is 0 Å². The molecule has 1 heterocycles. The molecule has 0 aromatic carbocycles. The molecule has 6 rings (SSSR count). The molecule has 0 N–H and O–H groups in total. The quantitative estimate of drug-likeness (QED) is 0.272. The number of esters is 2. The van der Waals surface area contributed by atoms with Crippen LogP contribution in [0, 0.1) is 50.7 Å². The van der Waals surface area contributed by atoms with Gasteiger partial charge in [-0.25, -0.2) is 0 Å². The summed E-state index contributed by atoms with van der Waals surface area (Å²) >= 11 is 0. The molecule has 220 valence electrons. The molecular weight excluding hydrogens is 488 g/mol. The van der Waals surface area contributed by atoms with Crippen LogP contribution in [0.3, 0.4) is 0 Å². The first kappa shape index (κ1) is 28.0. The van der Waals surface area contributed by atoms with Crippen molar-refractivity contribution in [3.05, 3.63) is 0 Å². The largest absolute Gasteiger partial charge is 0.465 e. The van der Waals surface area contributed by atoms with Gasteiger partial charge in [0.2, 0.25) is 0 Å². The smallest absolute Gasteiger partial charge is 0.302 e. The first-order valence-electron chi connectivity index (χ1n) is 16.1. The summed E-state index contributed by atoms with van der Waals surface area (Å²) in [6, 6.07) is 0. The van der Waals surface area contributed by atoms with Crippen molar-refractivity contribution in [1.29, 1.82) is 0 Å². The van der Waals surface area contributed by atoms with Crippen molar-refractivity contribution >= 4 is 11.9 Å². The first-order valence-corrected chi connectivity index (χ1v) is 16.1. The highest BCUT2D eigenvalue weighted by Crippen LogP contribution is 2.85. The van der Waals surface area contributed by atoms with Crippen LogP contribution >= 0.6 is 0 Å². The number of hydrogen-bond acceptors (Lipinski definition) is 5. The molecule has 1 saturated heterocycles. The van der Waals surface area contributed by atoms with Crippen LogP contribution < -0.4 is 0 Å². The third kappa shape index (κ3) is 3.18. The lowest BCUT2D eigenvalue weighted by molar-refractivity contribution is -0.254. The number of fused-ring (bicyclic) bond motifs is 5. The lowest BCUT2D eigenvalue weighted by Crippen LogP contribution is -2.69. The summed E-state index contributed by atoms with van der Waals surface area (Å²) in [5.41, 5.74) is 0.414. The van der Waals surface area contributed by atoms with Gasteiger partial charge in [-0.05, 0) is 104 Å². The third-order valence-electron chi connectivity index (χ3n) is 14.9. The highest BCUT2D eigenvalue weighted by molar-refractivity contribution is 5.66. The standard InChI is InChI=1S/C34H54O5/c1-21(2)33-19-18-32(20-37-22(3)35)17-16-31(9)26(34(32,33)39-33)11-10-25-29(7)14-13-27(38-23(4)36)28(5,6)24(29)12-15-30(25,31)8/h21,24-27H,10-20H2,1-9H3/t24?,25?,26?,27-,29-,30+,31+,32-,33+,34?/m0/s1. The van der Waals surface area contributed by atoms with Crippen LogP contribution in [0.4, 0.5) is 0 Å². The van der Waals surface area contributed by atoms with Gasteiger partial charge in [-0.2, -0.15) is 0 Å². The summed E-state index contributed by atoms with van der Waals surface area (Å²) in [5.74, 6) is 1.89. The Bertz CT molecular complexity index is 1070. The van der Waals surface area contributed by atoms with Gasteiger partial charge < -0.3 is 14.2 Å². The Morgan fingerprint density at radius 1 is 0.769 bits per heavy atom. The Morgan fingerprint density at radius 2 is 1.41 bits per heavy atom. The molecule has 4 unspecified atom stereocenters. The van der Waals surface area contributed by atoms with E-state index in [4.69, 9.17) is 14.2 Å². The summed E-state index contributed by atoms with van der Waals surface area (Å²) in [4.78, 5) is 24.0. The zero-order chi connectivity index (χ0) is 28.4. The minimum Gasteiger partial charge on any atom is -0.465 e. The van der Waals surface area contributed by atoms with E-state index in [1.807, 2.05) is 0 Å². The second kappa shape index (κ2) is 8.26. The van der Waals surface area contributed by atoms with E-state index in [2.05, 4.69) is 48.5 Å². The normalized spacial score (nSPS) is 53.0. The van der Waals surface area contributed by atoms with Gasteiger partial charge in [0, 0.05) is 24.7 Å². The maximum absolute atomic E-state index is 12.0. The zero-order valence-electron chi connectivity index (χ0n) is 26.2. The number of carbonyl (C=O) groups is 2. The van der Waals surface area contributed by atoms with Crippen LogP contribution in [0.2, 0.25) is 0 Å². The van der Waals surface area contributed by atoms with Crippen LogP contribution in [-0.2, 0) is 23.8 Å². The molecule has 1 aliphatic heterocycles. The topological polar surface area (TPSA) is 65.1 Å². The van der Waals surface area contributed by atoms with E-state index in [1.165, 1.54) is 32.1 Å². The van der Waals surface area contributed by atoms with Crippen LogP contribution in [0.25, 0.3) is 0 Å². The molecule has 0 radical (unpaired) electrons. The van der Waals surface area contributed by atoms with Crippen molar-refractivity contribution in [2.45, 2.75) is 144 Å². The molecule has 0 amide bonds. The number of ether oxygens (including phenoxy) is 3. The number of hydrogen-bond donors (Lipinski definition) is 0. The summed E-state index contributed by atoms with van der Waals surface area (Å²) in [7, 11) is 0. The maximum Gasteiger partial charge on any atom is 0.302 e. The number of rotatable bonds is 4. The van der Waals surface area contributed by atoms with Crippen molar-refractivity contribution in [2.24, 2.45) is 50.7 Å². The molecule has 6 fully saturated rings. The van der Waals surface area contributed by atoms with E-state index in [9.17, 15) is 9.59 Å². The number of epoxide rings is 1. The Morgan fingerprint density at radius 3 is 2.03 bits per heavy atom. The molecule has 5 nitrogen and oxygen atoms in total. The van der Waals surface area contributed by atoms with Crippen molar-refractivity contribution < 1.29 is 23.8 Å². The van der Waals surface area contributed by atoms with E-state index in [0.717, 1.165) is 32.1 Å². The van der Waals surface area contributed by atoms with Gasteiger partial charge in [-0.1, -0.05) is 48.5 Å². The summed E-state index contributed by atoms with van der Waals surface area (Å²) in [6.45, 7) is 21.0. The predicted octanol–water partition coefficient (Wildman–Crippen LogP) is 7.49. The summed E-state index contributed by atoms with van der Waals surface area (Å²) in [5, 5.41) is 0. The Hall–Kier alpha value is -1.10. The van der Waals surface area contributed by atoms with Crippen LogP contribution in [0.15, 0.2) is 0 Å². The lowest BCUT2D eigenvalue weighted by atomic mass is 9.32. The molecule has 6 aliphatic rings. The van der Waals surface area contributed by atoms with Crippen molar-refractivity contribution in [1.82, 2.24) is 0 Å². The summed E-state index contributed by atoms with van der Waals surface area (Å²) in [6.07, 6.45) is 11.6. The average Bonchev–Trinajstić information content (AvgIpc) is 3.44. The molecule has 39 heavy (non-hydrogen) atoms. The molecule has 0 aromatic heterocycles. The fourth-order valence-corrected chi connectivity index (χ4v) is 13.0. The van der Waals surface area contributed by atoms with Gasteiger partial charge in [0.15, 0.2) is 0 Å². The monoisotopic (exact) mass is 542 g/mol. The lowest BCUT2D eigenvalue weighted by Gasteiger charge is -2.72. The molecule has 5 saturated carbocycles. The average molecular weight is 543 g/mol. The molecule has 0 bridgehead atoms. The predicted molar refractivity (Wildman–Crippen MR) is 151 cm³/mol. The fourth-order valence-electron chi connectivity index (χ4n) is 13.0. The van der Waals surface area contributed by atoms with Gasteiger partial charge in [0.1, 0.15) is 17.3 Å². The molecule has 10 atom stereocenters. The molecule has 1 spiro atoms. The second-order valence-electron chi connectivity index (χ2n) is 16.5. The van der Waals surface area contributed by atoms with Crippen molar-refractivity contribution in [3.63, 3.8) is 0 Å². The number of carbonyl (C=O) groups excluding carboxylic acids is 2. The van der Waals surface area contributed by atoms with E-state index >= 15 is 0 Å². The Balaban J connectivity index is 1.37. The van der Waals surface area contributed by atoms with E-state index in [1.54, 1.807) is 13.8 Å². The molecular formula is C34H54O5. The highest BCUT2D eigenvalue weighted by atomic mass is 16.6. The Kier molecular flexibility index (Phi) is 5.94. The van der Waals surface area contributed by atoms with Gasteiger partial charge in [-0.3, -0.25) is 9.59 Å². The van der Waals surface area contributed by atoms with E-state index < -0.39 is 0 Å². The van der Waals surface area contributed by atoms with Crippen LogP contribution in [0.5, 0.6) is 0 Å². The summed E-state index contributed by atoms with van der Waals surface area (Å²) < 4.78 is 18.9. The van der Waals surface area contributed by atoms with Gasteiger partial charge in [0.05, 0.1) is 6.61 Å². The van der Waals surface area contributed by atoms with Gasteiger partial charge in [-0.15, -0.1) is 0 Å². The minimum absolute atomic E-state index is 0.0138. The van der Waals surface area contributed by atoms with Gasteiger partial charge >= 0.3 is 11.9 Å². The van der Waals surface area contributed by atoms with Crippen LogP contribution in [-0.4, -0.2) is 35.9 Å². The SMILES string of the molecule is CC(=O)OC[C@]12CC[C@]3(C(C)C)OC13C1CCC3[C@@]4(C)CC[C@H](OC(C)=O)C(C)(C)C4CC[C@@]3(C)[C@]1(C)CC2. The second-order valence-corrected chi connectivity index (χ2v) is 16.5.